The first-order valence-electron chi connectivity index (χ1n) is 10.7. The first kappa shape index (κ1) is 23.3. The van der Waals surface area contributed by atoms with Crippen LogP contribution in [0.5, 0.6) is 11.5 Å². The Kier molecular flexibility index (Phi) is 6.84. The lowest BCUT2D eigenvalue weighted by Gasteiger charge is -2.25. The number of hydrogen-bond acceptors (Lipinski definition) is 6. The predicted octanol–water partition coefficient (Wildman–Crippen LogP) is 4.76. The molecule has 0 saturated carbocycles. The van der Waals surface area contributed by atoms with E-state index in [4.69, 9.17) is 21.1 Å². The SMILES string of the molecule is CCOc1ccc(C(O)=C2C(=O)C(=O)N(Cc3cccnc3)[C@H]2c2ccc(OC)cc2)cc1Cl. The van der Waals surface area contributed by atoms with Crippen molar-refractivity contribution in [1.29, 1.82) is 0 Å². The lowest BCUT2D eigenvalue weighted by molar-refractivity contribution is -0.140. The van der Waals surface area contributed by atoms with Crippen molar-refractivity contribution in [2.75, 3.05) is 13.7 Å². The summed E-state index contributed by atoms with van der Waals surface area (Å²) in [6, 6.07) is 14.5. The molecule has 1 N–H and O–H groups in total. The number of nitrogens with zero attached hydrogens (tertiary/aromatic N) is 2. The van der Waals surface area contributed by atoms with Crippen LogP contribution in [0.3, 0.4) is 0 Å². The summed E-state index contributed by atoms with van der Waals surface area (Å²) >= 11 is 6.30. The van der Waals surface area contributed by atoms with E-state index >= 15 is 0 Å². The number of ketones is 1. The van der Waals surface area contributed by atoms with Crippen LogP contribution in [0.15, 0.2) is 72.6 Å². The first-order chi connectivity index (χ1) is 16.4. The quantitative estimate of drug-likeness (QED) is 0.299. The van der Waals surface area contributed by atoms with Gasteiger partial charge in [0.15, 0.2) is 0 Å². The fraction of sp³-hybridized carbons (Fsp3) is 0.192. The summed E-state index contributed by atoms with van der Waals surface area (Å²) < 4.78 is 10.7. The van der Waals surface area contributed by atoms with Gasteiger partial charge in [-0.05, 0) is 54.4 Å². The van der Waals surface area contributed by atoms with Gasteiger partial charge >= 0.3 is 0 Å². The van der Waals surface area contributed by atoms with Gasteiger partial charge in [-0.1, -0.05) is 29.8 Å². The monoisotopic (exact) mass is 478 g/mol. The minimum Gasteiger partial charge on any atom is -0.507 e. The maximum Gasteiger partial charge on any atom is 0.295 e. The van der Waals surface area contributed by atoms with Crippen LogP contribution in [0, 0.1) is 0 Å². The molecule has 0 radical (unpaired) electrons. The summed E-state index contributed by atoms with van der Waals surface area (Å²) in [5.74, 6) is -0.691. The number of carbonyl (C=O) groups is 2. The molecule has 1 amide bonds. The van der Waals surface area contributed by atoms with E-state index in [0.717, 1.165) is 5.56 Å². The number of Topliss-reactive ketones (excluding diaryl/α,β-unsaturated/α-hetero) is 1. The number of likely N-dealkylation sites (tertiary alicyclic amines) is 1. The zero-order chi connectivity index (χ0) is 24.2. The zero-order valence-corrected chi connectivity index (χ0v) is 19.5. The Morgan fingerprint density at radius 3 is 2.53 bits per heavy atom. The molecule has 2 heterocycles. The molecule has 1 aromatic heterocycles. The number of aliphatic hydroxyl groups excluding tert-OH is 1. The van der Waals surface area contributed by atoms with E-state index in [1.807, 2.05) is 13.0 Å². The zero-order valence-electron chi connectivity index (χ0n) is 18.7. The molecule has 4 rings (SSSR count). The molecule has 0 unspecified atom stereocenters. The van der Waals surface area contributed by atoms with E-state index < -0.39 is 17.7 Å². The van der Waals surface area contributed by atoms with Crippen molar-refractivity contribution in [1.82, 2.24) is 9.88 Å². The third-order valence-corrected chi connectivity index (χ3v) is 5.85. The van der Waals surface area contributed by atoms with Gasteiger partial charge in [0.05, 0.1) is 30.4 Å². The summed E-state index contributed by atoms with van der Waals surface area (Å²) in [4.78, 5) is 31.8. The Labute approximate surface area is 202 Å². The van der Waals surface area contributed by atoms with Gasteiger partial charge in [-0.15, -0.1) is 0 Å². The van der Waals surface area contributed by atoms with Gasteiger partial charge in [0.1, 0.15) is 17.3 Å². The van der Waals surface area contributed by atoms with Crippen LogP contribution in [-0.4, -0.2) is 40.4 Å². The highest BCUT2D eigenvalue weighted by Gasteiger charge is 2.46. The van der Waals surface area contributed by atoms with Gasteiger partial charge in [0.25, 0.3) is 11.7 Å². The molecule has 1 fully saturated rings. The van der Waals surface area contributed by atoms with E-state index in [1.54, 1.807) is 62.0 Å². The fourth-order valence-corrected chi connectivity index (χ4v) is 4.18. The van der Waals surface area contributed by atoms with E-state index in [9.17, 15) is 14.7 Å². The third-order valence-electron chi connectivity index (χ3n) is 5.55. The molecule has 1 atom stereocenters. The topological polar surface area (TPSA) is 89.0 Å². The normalized spacial score (nSPS) is 17.1. The smallest absolute Gasteiger partial charge is 0.295 e. The molecule has 7 nitrogen and oxygen atoms in total. The second-order valence-electron chi connectivity index (χ2n) is 7.64. The molecule has 1 saturated heterocycles. The van der Waals surface area contributed by atoms with Crippen molar-refractivity contribution >= 4 is 29.1 Å². The Morgan fingerprint density at radius 2 is 1.91 bits per heavy atom. The van der Waals surface area contributed by atoms with Crippen LogP contribution in [0.25, 0.3) is 5.76 Å². The van der Waals surface area contributed by atoms with Crippen molar-refractivity contribution in [2.45, 2.75) is 19.5 Å². The molecule has 0 bridgehead atoms. The Bertz CT molecular complexity index is 1240. The number of benzene rings is 2. The Balaban J connectivity index is 1.83. The molecule has 1 aliphatic heterocycles. The highest BCUT2D eigenvalue weighted by atomic mass is 35.5. The number of aromatic nitrogens is 1. The molecule has 2 aromatic carbocycles. The second kappa shape index (κ2) is 9.97. The molecule has 0 aliphatic carbocycles. The van der Waals surface area contributed by atoms with Gasteiger partial charge in [-0.25, -0.2) is 0 Å². The van der Waals surface area contributed by atoms with Crippen molar-refractivity contribution < 1.29 is 24.2 Å². The number of hydrogen-bond donors (Lipinski definition) is 1. The molecule has 1 aliphatic rings. The Morgan fingerprint density at radius 1 is 1.15 bits per heavy atom. The third kappa shape index (κ3) is 4.47. The number of ether oxygens (including phenoxy) is 2. The summed E-state index contributed by atoms with van der Waals surface area (Å²) in [5, 5.41) is 11.5. The van der Waals surface area contributed by atoms with Crippen LogP contribution in [0.4, 0.5) is 0 Å². The number of halogens is 1. The number of methoxy groups -OCH3 is 1. The maximum atomic E-state index is 13.2. The molecular formula is C26H23ClN2O5. The molecule has 34 heavy (non-hydrogen) atoms. The fourth-order valence-electron chi connectivity index (χ4n) is 3.94. The predicted molar refractivity (Wildman–Crippen MR) is 128 cm³/mol. The van der Waals surface area contributed by atoms with Crippen molar-refractivity contribution in [3.63, 3.8) is 0 Å². The highest BCUT2D eigenvalue weighted by Crippen LogP contribution is 2.41. The van der Waals surface area contributed by atoms with Crippen molar-refractivity contribution in [3.05, 3.63) is 94.3 Å². The molecule has 8 heteroatoms. The molecule has 0 spiro atoms. The van der Waals surface area contributed by atoms with Crippen molar-refractivity contribution in [3.8, 4) is 11.5 Å². The van der Waals surface area contributed by atoms with Crippen LogP contribution in [-0.2, 0) is 16.1 Å². The largest absolute Gasteiger partial charge is 0.507 e. The van der Waals surface area contributed by atoms with Crippen molar-refractivity contribution in [2.24, 2.45) is 0 Å². The second-order valence-corrected chi connectivity index (χ2v) is 8.05. The van der Waals surface area contributed by atoms with Gasteiger partial charge in [0.2, 0.25) is 0 Å². The molecule has 3 aromatic rings. The number of aliphatic hydroxyl groups is 1. The number of rotatable bonds is 7. The summed E-state index contributed by atoms with van der Waals surface area (Å²) in [6.45, 7) is 2.42. The van der Waals surface area contributed by atoms with Crippen LogP contribution >= 0.6 is 11.6 Å². The number of amides is 1. The summed E-state index contributed by atoms with van der Waals surface area (Å²) in [6.07, 6.45) is 3.27. The average molecular weight is 479 g/mol. The van der Waals surface area contributed by atoms with Crippen LogP contribution in [0.1, 0.15) is 29.7 Å². The molecular weight excluding hydrogens is 456 g/mol. The van der Waals surface area contributed by atoms with Crippen LogP contribution in [0.2, 0.25) is 5.02 Å². The molecule has 174 valence electrons. The van der Waals surface area contributed by atoms with Gasteiger partial charge in [-0.2, -0.15) is 0 Å². The van der Waals surface area contributed by atoms with E-state index in [0.29, 0.717) is 29.2 Å². The summed E-state index contributed by atoms with van der Waals surface area (Å²) in [5.41, 5.74) is 1.71. The first-order valence-corrected chi connectivity index (χ1v) is 11.1. The Hall–Kier alpha value is -3.84. The van der Waals surface area contributed by atoms with E-state index in [1.165, 1.54) is 11.0 Å². The van der Waals surface area contributed by atoms with Gasteiger partial charge in [0, 0.05) is 24.5 Å². The maximum absolute atomic E-state index is 13.2. The highest BCUT2D eigenvalue weighted by molar-refractivity contribution is 6.46. The van der Waals surface area contributed by atoms with Crippen LogP contribution < -0.4 is 9.47 Å². The van der Waals surface area contributed by atoms with Gasteiger partial charge < -0.3 is 19.5 Å². The minimum atomic E-state index is -0.809. The number of carbonyl (C=O) groups excluding carboxylic acids is 2. The van der Waals surface area contributed by atoms with E-state index in [2.05, 4.69) is 4.98 Å². The summed E-state index contributed by atoms with van der Waals surface area (Å²) in [7, 11) is 1.55. The number of pyridine rings is 1. The lowest BCUT2D eigenvalue weighted by Crippen LogP contribution is -2.29. The minimum absolute atomic E-state index is 0.0146. The lowest BCUT2D eigenvalue weighted by atomic mass is 9.95. The average Bonchev–Trinajstić information content (AvgIpc) is 3.10. The van der Waals surface area contributed by atoms with Gasteiger partial charge in [-0.3, -0.25) is 14.6 Å². The standard InChI is InChI=1S/C26H23ClN2O5/c1-3-34-21-11-8-18(13-20(21)27)24(30)22-23(17-6-9-19(33-2)10-7-17)29(26(32)25(22)31)15-16-5-4-12-28-14-16/h4-14,23,30H,3,15H2,1-2H3/t23-/m0/s1. The van der Waals surface area contributed by atoms with E-state index in [-0.39, 0.29) is 22.9 Å².